The Balaban J connectivity index is 2.12. The Hall–Kier alpha value is -0.900. The Kier molecular flexibility index (Phi) is 4.97. The molecule has 0 aliphatic carbocycles. The molecular formula is C14H11Cl2FOS. The molecule has 2 aromatic carbocycles. The van der Waals surface area contributed by atoms with Crippen LogP contribution in [0.3, 0.4) is 0 Å². The zero-order valence-electron chi connectivity index (χ0n) is 9.91. The first kappa shape index (κ1) is 14.5. The standard InChI is InChI=1S/C14H11Cl2FOS/c15-12-5-2-1-4-10(12)8-19(18)9-11-13(16)6-3-7-14(11)17/h1-7H,8-9H2. The Morgan fingerprint density at radius 1 is 0.947 bits per heavy atom. The average molecular weight is 317 g/mol. The summed E-state index contributed by atoms with van der Waals surface area (Å²) in [5.41, 5.74) is 1.07. The van der Waals surface area contributed by atoms with Gasteiger partial charge in [0.1, 0.15) is 5.82 Å². The maximum atomic E-state index is 13.6. The maximum absolute atomic E-state index is 13.6. The molecule has 0 fully saturated rings. The van der Waals surface area contributed by atoms with E-state index in [-0.39, 0.29) is 17.1 Å². The second kappa shape index (κ2) is 6.51. The fourth-order valence-corrected chi connectivity index (χ4v) is 3.58. The predicted octanol–water partition coefficient (Wildman–Crippen LogP) is 4.58. The summed E-state index contributed by atoms with van der Waals surface area (Å²) in [7, 11) is -1.26. The smallest absolute Gasteiger partial charge is 0.128 e. The molecule has 0 aromatic heterocycles. The first-order valence-corrected chi connectivity index (χ1v) is 7.83. The number of rotatable bonds is 4. The summed E-state index contributed by atoms with van der Waals surface area (Å²) in [5.74, 6) is -0.0684. The van der Waals surface area contributed by atoms with Crippen LogP contribution in [-0.2, 0) is 22.3 Å². The highest BCUT2D eigenvalue weighted by Gasteiger charge is 2.12. The minimum absolute atomic E-state index is 0.0801. The van der Waals surface area contributed by atoms with Gasteiger partial charge < -0.3 is 0 Å². The normalized spacial score (nSPS) is 12.4. The fraction of sp³-hybridized carbons (Fsp3) is 0.143. The zero-order chi connectivity index (χ0) is 13.8. The Bertz CT molecular complexity index is 596. The van der Waals surface area contributed by atoms with Crippen LogP contribution in [0.25, 0.3) is 0 Å². The summed E-state index contributed by atoms with van der Waals surface area (Å²) in [6.45, 7) is 0. The molecule has 0 saturated carbocycles. The van der Waals surface area contributed by atoms with E-state index < -0.39 is 16.6 Å². The van der Waals surface area contributed by atoms with E-state index in [0.717, 1.165) is 5.56 Å². The maximum Gasteiger partial charge on any atom is 0.128 e. The lowest BCUT2D eigenvalue weighted by molar-refractivity contribution is 0.615. The molecule has 0 aliphatic heterocycles. The van der Waals surface area contributed by atoms with Gasteiger partial charge in [-0.05, 0) is 23.8 Å². The summed E-state index contributed by atoms with van der Waals surface area (Å²) < 4.78 is 25.6. The van der Waals surface area contributed by atoms with Gasteiger partial charge in [-0.25, -0.2) is 4.39 Å². The van der Waals surface area contributed by atoms with Crippen molar-refractivity contribution in [3.05, 3.63) is 69.5 Å². The number of benzene rings is 2. The van der Waals surface area contributed by atoms with Crippen molar-refractivity contribution < 1.29 is 8.60 Å². The molecule has 0 N–H and O–H groups in total. The van der Waals surface area contributed by atoms with Gasteiger partial charge >= 0.3 is 0 Å². The molecule has 100 valence electrons. The van der Waals surface area contributed by atoms with Gasteiger partial charge in [0.2, 0.25) is 0 Å². The fourth-order valence-electron chi connectivity index (χ4n) is 1.67. The van der Waals surface area contributed by atoms with Gasteiger partial charge in [0.25, 0.3) is 0 Å². The van der Waals surface area contributed by atoms with Gasteiger partial charge in [0, 0.05) is 26.4 Å². The zero-order valence-corrected chi connectivity index (χ0v) is 12.2. The van der Waals surface area contributed by atoms with Crippen molar-refractivity contribution in [3.8, 4) is 0 Å². The second-order valence-corrected chi connectivity index (χ2v) is 6.29. The van der Waals surface area contributed by atoms with E-state index >= 15 is 0 Å². The van der Waals surface area contributed by atoms with Gasteiger partial charge in [-0.2, -0.15) is 0 Å². The molecule has 2 rings (SSSR count). The van der Waals surface area contributed by atoms with Gasteiger partial charge in [-0.1, -0.05) is 47.5 Å². The van der Waals surface area contributed by atoms with Crippen LogP contribution in [0.4, 0.5) is 4.39 Å². The lowest BCUT2D eigenvalue weighted by Crippen LogP contribution is -2.02. The molecule has 2 aromatic rings. The Labute approximate surface area is 123 Å². The van der Waals surface area contributed by atoms with Gasteiger partial charge in [-0.3, -0.25) is 4.21 Å². The van der Waals surface area contributed by atoms with E-state index in [1.807, 2.05) is 18.2 Å². The van der Waals surface area contributed by atoms with Gasteiger partial charge in [-0.15, -0.1) is 0 Å². The van der Waals surface area contributed by atoms with Crippen molar-refractivity contribution in [2.75, 3.05) is 0 Å². The van der Waals surface area contributed by atoms with Crippen LogP contribution in [0, 0.1) is 5.82 Å². The summed E-state index contributed by atoms with van der Waals surface area (Å²) in [6, 6.07) is 11.6. The van der Waals surface area contributed by atoms with Crippen LogP contribution in [0.5, 0.6) is 0 Å². The third-order valence-corrected chi connectivity index (χ3v) is 4.61. The Morgan fingerprint density at radius 3 is 2.32 bits per heavy atom. The summed E-state index contributed by atoms with van der Waals surface area (Å²) in [6.07, 6.45) is 0. The van der Waals surface area contributed by atoms with Crippen molar-refractivity contribution in [2.24, 2.45) is 0 Å². The van der Waals surface area contributed by atoms with Crippen LogP contribution in [0.15, 0.2) is 42.5 Å². The molecule has 0 saturated heterocycles. The molecule has 5 heteroatoms. The Morgan fingerprint density at radius 2 is 1.63 bits per heavy atom. The van der Waals surface area contributed by atoms with Crippen molar-refractivity contribution >= 4 is 34.0 Å². The molecule has 19 heavy (non-hydrogen) atoms. The first-order chi connectivity index (χ1) is 9.08. The van der Waals surface area contributed by atoms with E-state index in [2.05, 4.69) is 0 Å². The number of hydrogen-bond acceptors (Lipinski definition) is 1. The molecule has 1 nitrogen and oxygen atoms in total. The molecule has 0 spiro atoms. The lowest BCUT2D eigenvalue weighted by Gasteiger charge is -2.07. The monoisotopic (exact) mass is 316 g/mol. The highest BCUT2D eigenvalue weighted by Crippen LogP contribution is 2.23. The average Bonchev–Trinajstić information content (AvgIpc) is 2.37. The second-order valence-electron chi connectivity index (χ2n) is 4.02. The van der Waals surface area contributed by atoms with E-state index in [1.54, 1.807) is 12.1 Å². The molecule has 1 unspecified atom stereocenters. The van der Waals surface area contributed by atoms with Crippen LogP contribution < -0.4 is 0 Å². The van der Waals surface area contributed by atoms with E-state index in [9.17, 15) is 8.60 Å². The molecule has 1 atom stereocenters. The number of hydrogen-bond donors (Lipinski definition) is 0. The van der Waals surface area contributed by atoms with Crippen molar-refractivity contribution in [2.45, 2.75) is 11.5 Å². The van der Waals surface area contributed by atoms with E-state index in [1.165, 1.54) is 12.1 Å². The third-order valence-electron chi connectivity index (χ3n) is 2.64. The highest BCUT2D eigenvalue weighted by molar-refractivity contribution is 7.83. The van der Waals surface area contributed by atoms with Crippen molar-refractivity contribution in [1.82, 2.24) is 0 Å². The quantitative estimate of drug-likeness (QED) is 0.806. The van der Waals surface area contributed by atoms with Crippen LogP contribution in [0.2, 0.25) is 10.0 Å². The molecule has 0 bridgehead atoms. The van der Waals surface area contributed by atoms with Gasteiger partial charge in [0.15, 0.2) is 0 Å². The molecule has 0 aliphatic rings. The molecular weight excluding hydrogens is 306 g/mol. The molecule has 0 amide bonds. The third kappa shape index (κ3) is 3.78. The summed E-state index contributed by atoms with van der Waals surface area (Å²) in [4.78, 5) is 0. The van der Waals surface area contributed by atoms with Crippen molar-refractivity contribution in [1.29, 1.82) is 0 Å². The minimum atomic E-state index is -1.26. The summed E-state index contributed by atoms with van der Waals surface area (Å²) in [5, 5.41) is 0.864. The molecule has 0 radical (unpaired) electrons. The topological polar surface area (TPSA) is 17.1 Å². The van der Waals surface area contributed by atoms with E-state index in [4.69, 9.17) is 23.2 Å². The summed E-state index contributed by atoms with van der Waals surface area (Å²) >= 11 is 11.9. The van der Waals surface area contributed by atoms with Gasteiger partial charge in [0.05, 0.1) is 11.5 Å². The van der Waals surface area contributed by atoms with Crippen LogP contribution >= 0.6 is 23.2 Å². The highest BCUT2D eigenvalue weighted by atomic mass is 35.5. The SMILES string of the molecule is O=S(Cc1ccccc1Cl)Cc1c(F)cccc1Cl. The predicted molar refractivity (Wildman–Crippen MR) is 78.4 cm³/mol. The number of halogens is 3. The lowest BCUT2D eigenvalue weighted by atomic mass is 10.2. The van der Waals surface area contributed by atoms with E-state index in [0.29, 0.717) is 10.0 Å². The first-order valence-electron chi connectivity index (χ1n) is 5.59. The minimum Gasteiger partial charge on any atom is -0.259 e. The largest absolute Gasteiger partial charge is 0.259 e. The van der Waals surface area contributed by atoms with Crippen LogP contribution in [-0.4, -0.2) is 4.21 Å². The van der Waals surface area contributed by atoms with Crippen molar-refractivity contribution in [3.63, 3.8) is 0 Å². The molecule has 0 heterocycles. The van der Waals surface area contributed by atoms with Crippen LogP contribution in [0.1, 0.15) is 11.1 Å².